The summed E-state index contributed by atoms with van der Waals surface area (Å²) >= 11 is 0. The maximum absolute atomic E-state index is 9.48. The second-order valence-corrected chi connectivity index (χ2v) is 3.88. The number of hydrogen-bond acceptors (Lipinski definition) is 2. The molecule has 0 aliphatic rings. The molecule has 0 amide bonds. The van der Waals surface area contributed by atoms with Gasteiger partial charge in [0, 0.05) is 14.1 Å². The molecule has 13 heavy (non-hydrogen) atoms. The van der Waals surface area contributed by atoms with E-state index in [0.29, 0.717) is 24.2 Å². The minimum atomic E-state index is -0.433. The fourth-order valence-electron chi connectivity index (χ4n) is 0.992. The number of hydrogen-bond donors (Lipinski definition) is 1. The Hall–Kier alpha value is -0.380. The molecular formula is C10H21NO2. The third-order valence-corrected chi connectivity index (χ3v) is 1.47. The zero-order chi connectivity index (χ0) is 10.3. The molecule has 0 radical (unpaired) electrons. The molecule has 1 unspecified atom stereocenters. The van der Waals surface area contributed by atoms with Crippen LogP contribution in [0.3, 0.4) is 0 Å². The van der Waals surface area contributed by atoms with Crippen LogP contribution in [0.4, 0.5) is 0 Å². The molecule has 0 aromatic heterocycles. The first-order valence-electron chi connectivity index (χ1n) is 4.50. The van der Waals surface area contributed by atoms with Gasteiger partial charge in [-0.1, -0.05) is 12.2 Å². The molecule has 0 fully saturated rings. The summed E-state index contributed by atoms with van der Waals surface area (Å²) < 4.78 is 5.72. The summed E-state index contributed by atoms with van der Waals surface area (Å²) in [5, 5.41) is 9.48. The molecule has 0 spiro atoms. The SMILES string of the molecule is [CH2-][N+](C)(C)CC(O)COC/C=C/C. The van der Waals surface area contributed by atoms with Crippen LogP contribution >= 0.6 is 0 Å². The highest BCUT2D eigenvalue weighted by atomic mass is 16.5. The lowest BCUT2D eigenvalue weighted by Gasteiger charge is -2.34. The number of ether oxygens (including phenoxy) is 1. The fourth-order valence-corrected chi connectivity index (χ4v) is 0.992. The molecule has 0 saturated heterocycles. The molecule has 3 heteroatoms. The first-order chi connectivity index (χ1) is 5.95. The van der Waals surface area contributed by atoms with E-state index in [1.54, 1.807) is 0 Å². The van der Waals surface area contributed by atoms with Crippen molar-refractivity contribution in [3.63, 3.8) is 0 Å². The minimum absolute atomic E-state index is 0.377. The lowest BCUT2D eigenvalue weighted by molar-refractivity contribution is -0.849. The van der Waals surface area contributed by atoms with Crippen LogP contribution in [-0.2, 0) is 4.74 Å². The molecule has 0 bridgehead atoms. The summed E-state index contributed by atoms with van der Waals surface area (Å²) in [5.41, 5.74) is 0. The number of aliphatic hydroxyl groups excluding tert-OH is 1. The number of aliphatic hydroxyl groups is 1. The summed E-state index contributed by atoms with van der Waals surface area (Å²) in [6, 6.07) is 0. The molecule has 0 aromatic rings. The van der Waals surface area contributed by atoms with Gasteiger partial charge in [-0.3, -0.25) is 0 Å². The van der Waals surface area contributed by atoms with E-state index < -0.39 is 6.10 Å². The minimum Gasteiger partial charge on any atom is -0.460 e. The maximum Gasteiger partial charge on any atom is 0.124 e. The highest BCUT2D eigenvalue weighted by Crippen LogP contribution is 1.97. The Balaban J connectivity index is 3.46. The van der Waals surface area contributed by atoms with E-state index in [0.717, 1.165) is 0 Å². The zero-order valence-electron chi connectivity index (χ0n) is 8.86. The number of allylic oxidation sites excluding steroid dienone is 1. The molecule has 0 saturated carbocycles. The number of rotatable bonds is 6. The molecule has 0 heterocycles. The zero-order valence-corrected chi connectivity index (χ0v) is 8.86. The first kappa shape index (κ1) is 12.6. The van der Waals surface area contributed by atoms with Crippen molar-refractivity contribution in [3.05, 3.63) is 19.2 Å². The van der Waals surface area contributed by atoms with Crippen molar-refractivity contribution in [1.29, 1.82) is 0 Å². The highest BCUT2D eigenvalue weighted by molar-refractivity contribution is 4.76. The van der Waals surface area contributed by atoms with Gasteiger partial charge in [-0.25, -0.2) is 0 Å². The van der Waals surface area contributed by atoms with E-state index in [1.165, 1.54) is 0 Å². The van der Waals surface area contributed by atoms with E-state index in [9.17, 15) is 5.11 Å². The lowest BCUT2D eigenvalue weighted by atomic mass is 10.3. The van der Waals surface area contributed by atoms with Gasteiger partial charge in [0.25, 0.3) is 0 Å². The van der Waals surface area contributed by atoms with Gasteiger partial charge in [-0.15, -0.1) is 7.05 Å². The van der Waals surface area contributed by atoms with Gasteiger partial charge in [-0.05, 0) is 6.92 Å². The third kappa shape index (κ3) is 9.53. The van der Waals surface area contributed by atoms with Crippen molar-refractivity contribution in [2.75, 3.05) is 33.9 Å². The fraction of sp³-hybridized carbons (Fsp3) is 0.700. The first-order valence-corrected chi connectivity index (χ1v) is 4.50. The Morgan fingerprint density at radius 1 is 1.54 bits per heavy atom. The summed E-state index contributed by atoms with van der Waals surface area (Å²) in [4.78, 5) is 0. The van der Waals surface area contributed by atoms with Crippen LogP contribution in [0.15, 0.2) is 12.2 Å². The second-order valence-electron chi connectivity index (χ2n) is 3.88. The van der Waals surface area contributed by atoms with Gasteiger partial charge >= 0.3 is 0 Å². The molecule has 3 nitrogen and oxygen atoms in total. The van der Waals surface area contributed by atoms with Crippen molar-refractivity contribution in [2.24, 2.45) is 0 Å². The van der Waals surface area contributed by atoms with Gasteiger partial charge < -0.3 is 14.3 Å². The average molecular weight is 187 g/mol. The molecule has 78 valence electrons. The summed E-state index contributed by atoms with van der Waals surface area (Å²) in [7, 11) is 7.74. The average Bonchev–Trinajstić information content (AvgIpc) is 1.94. The summed E-state index contributed by atoms with van der Waals surface area (Å²) in [5.74, 6) is 0. The van der Waals surface area contributed by atoms with Crippen LogP contribution in [0.5, 0.6) is 0 Å². The van der Waals surface area contributed by atoms with Crippen LogP contribution in [0, 0.1) is 7.05 Å². The highest BCUT2D eigenvalue weighted by Gasteiger charge is 2.10. The van der Waals surface area contributed by atoms with Gasteiger partial charge in [-0.2, -0.15) is 0 Å². The van der Waals surface area contributed by atoms with E-state index >= 15 is 0 Å². The Labute approximate surface area is 81.2 Å². The topological polar surface area (TPSA) is 29.5 Å². The lowest BCUT2D eigenvalue weighted by Crippen LogP contribution is -2.41. The van der Waals surface area contributed by atoms with Gasteiger partial charge in [0.2, 0.25) is 0 Å². The van der Waals surface area contributed by atoms with Crippen molar-refractivity contribution >= 4 is 0 Å². The van der Waals surface area contributed by atoms with Crippen LogP contribution in [0.2, 0.25) is 0 Å². The molecule has 1 atom stereocenters. The summed E-state index contributed by atoms with van der Waals surface area (Å²) in [6.45, 7) is 3.49. The van der Waals surface area contributed by atoms with Gasteiger partial charge in [0.1, 0.15) is 6.10 Å². The third-order valence-electron chi connectivity index (χ3n) is 1.47. The molecule has 0 rings (SSSR count). The van der Waals surface area contributed by atoms with Crippen molar-refractivity contribution in [1.82, 2.24) is 0 Å². The summed E-state index contributed by atoms with van der Waals surface area (Å²) in [6.07, 6.45) is 3.41. The number of quaternary nitrogens is 1. The molecule has 0 aromatic carbocycles. The number of likely N-dealkylation sites (N-methyl/N-ethyl adjacent to an activating group) is 1. The Bertz CT molecular complexity index is 149. The molecular weight excluding hydrogens is 166 g/mol. The van der Waals surface area contributed by atoms with Crippen molar-refractivity contribution < 1.29 is 14.3 Å². The monoisotopic (exact) mass is 187 g/mol. The quantitative estimate of drug-likeness (QED) is 0.288. The standard InChI is InChI=1S/C10H21NO2/c1-5-6-7-13-9-10(12)8-11(2,3)4/h5-6,10,12H,2,7-9H2,1,3-4H3/b6-5+. The molecule has 0 aliphatic heterocycles. The Kier molecular flexibility index (Phi) is 5.95. The van der Waals surface area contributed by atoms with E-state index in [-0.39, 0.29) is 0 Å². The normalized spacial score (nSPS) is 15.2. The Morgan fingerprint density at radius 2 is 2.15 bits per heavy atom. The van der Waals surface area contributed by atoms with Crippen LogP contribution < -0.4 is 0 Å². The largest absolute Gasteiger partial charge is 0.460 e. The predicted molar refractivity (Wildman–Crippen MR) is 54.0 cm³/mol. The van der Waals surface area contributed by atoms with E-state index in [4.69, 9.17) is 4.74 Å². The van der Waals surface area contributed by atoms with Gasteiger partial charge in [0.05, 0.1) is 19.8 Å². The maximum atomic E-state index is 9.48. The smallest absolute Gasteiger partial charge is 0.124 e. The molecule has 0 aliphatic carbocycles. The van der Waals surface area contributed by atoms with Crippen molar-refractivity contribution in [2.45, 2.75) is 13.0 Å². The van der Waals surface area contributed by atoms with Gasteiger partial charge in [0.15, 0.2) is 0 Å². The van der Waals surface area contributed by atoms with Crippen LogP contribution in [0.25, 0.3) is 0 Å². The second kappa shape index (κ2) is 6.13. The Morgan fingerprint density at radius 3 is 2.62 bits per heavy atom. The number of nitrogens with zero attached hydrogens (tertiary/aromatic N) is 1. The van der Waals surface area contributed by atoms with Crippen LogP contribution in [-0.4, -0.2) is 49.5 Å². The predicted octanol–water partition coefficient (Wildman–Crippen LogP) is 0.808. The van der Waals surface area contributed by atoms with Crippen LogP contribution in [0.1, 0.15) is 6.92 Å². The molecule has 1 N–H and O–H groups in total. The van der Waals surface area contributed by atoms with Crippen molar-refractivity contribution in [3.8, 4) is 0 Å². The van der Waals surface area contributed by atoms with E-state index in [1.807, 2.05) is 33.2 Å². The van der Waals surface area contributed by atoms with E-state index in [2.05, 4.69) is 7.05 Å².